The molecule has 3 amide bonds. The van der Waals surface area contributed by atoms with Crippen molar-refractivity contribution in [2.24, 2.45) is 11.8 Å². The number of imide groups is 1. The zero-order valence-corrected chi connectivity index (χ0v) is 21.9. The number of alkyl halides is 2. The molecular weight excluding hydrogens is 526 g/mol. The molecule has 2 atom stereocenters. The fourth-order valence-electron chi connectivity index (χ4n) is 6.43. The van der Waals surface area contributed by atoms with Gasteiger partial charge in [0.05, 0.1) is 11.8 Å². The van der Waals surface area contributed by atoms with Crippen molar-refractivity contribution in [2.75, 3.05) is 11.9 Å². The molecule has 0 saturated carbocycles. The van der Waals surface area contributed by atoms with Gasteiger partial charge in [-0.25, -0.2) is 4.39 Å². The van der Waals surface area contributed by atoms with Gasteiger partial charge in [0.25, 0.3) is 0 Å². The van der Waals surface area contributed by atoms with Crippen LogP contribution in [0.5, 0.6) is 0 Å². The van der Waals surface area contributed by atoms with E-state index in [9.17, 15) is 18.8 Å². The van der Waals surface area contributed by atoms with E-state index in [1.54, 1.807) is 0 Å². The summed E-state index contributed by atoms with van der Waals surface area (Å²) in [6.07, 6.45) is 2.09. The lowest BCUT2D eigenvalue weighted by Crippen LogP contribution is -2.57. The highest BCUT2D eigenvalue weighted by molar-refractivity contribution is 6.36. The van der Waals surface area contributed by atoms with E-state index in [-0.39, 0.29) is 36.5 Å². The number of carbonyl (C=O) groups is 3. The van der Waals surface area contributed by atoms with Gasteiger partial charge in [-0.05, 0) is 59.4 Å². The van der Waals surface area contributed by atoms with E-state index >= 15 is 0 Å². The van der Waals surface area contributed by atoms with Crippen LogP contribution in [0.3, 0.4) is 0 Å². The quantitative estimate of drug-likeness (QED) is 0.225. The van der Waals surface area contributed by atoms with E-state index in [1.165, 1.54) is 29.2 Å². The van der Waals surface area contributed by atoms with Gasteiger partial charge in [0.1, 0.15) is 15.6 Å². The first-order valence-electron chi connectivity index (χ1n) is 12.8. The van der Waals surface area contributed by atoms with Crippen LogP contribution < -0.4 is 5.32 Å². The first kappa shape index (κ1) is 25.1. The third-order valence-corrected chi connectivity index (χ3v) is 9.37. The lowest BCUT2D eigenvalue weighted by Gasteiger charge is -2.54. The van der Waals surface area contributed by atoms with Crippen molar-refractivity contribution in [3.05, 3.63) is 101 Å². The van der Waals surface area contributed by atoms with Gasteiger partial charge in [-0.1, -0.05) is 55.0 Å². The molecule has 1 N–H and O–H groups in total. The maximum atomic E-state index is 13.8. The second-order valence-corrected chi connectivity index (χ2v) is 11.4. The Morgan fingerprint density at radius 2 is 1.24 bits per heavy atom. The summed E-state index contributed by atoms with van der Waals surface area (Å²) in [6, 6.07) is 20.7. The molecule has 38 heavy (non-hydrogen) atoms. The van der Waals surface area contributed by atoms with Gasteiger partial charge in [0.15, 0.2) is 0 Å². The molecule has 194 valence electrons. The molecule has 5 nitrogen and oxygen atoms in total. The van der Waals surface area contributed by atoms with Crippen molar-refractivity contribution in [3.8, 4) is 0 Å². The number of hydrogen-bond acceptors (Lipinski definition) is 3. The predicted molar refractivity (Wildman–Crippen MR) is 143 cm³/mol. The molecule has 0 aromatic heterocycles. The van der Waals surface area contributed by atoms with Gasteiger partial charge in [0, 0.05) is 18.7 Å². The molecule has 7 rings (SSSR count). The van der Waals surface area contributed by atoms with Crippen LogP contribution in [0.1, 0.15) is 47.9 Å². The van der Waals surface area contributed by atoms with Crippen molar-refractivity contribution in [3.63, 3.8) is 0 Å². The standard InChI is InChI=1S/C30H25Cl2FN2O3/c31-29-20-8-3-4-9-21(20)30(32,23-11-6-5-10-22(23)29)26-25(29)27(37)35(28(26)38)17-7-1-2-12-24(36)34-19-15-13-18(33)14-16-19/h3-6,8-11,13-16,25-26H,1-2,7,12,17H2,(H,34,36)/t25-,26-,29?,30?/m1/s1. The predicted octanol–water partition coefficient (Wildman–Crippen LogP) is 5.92. The summed E-state index contributed by atoms with van der Waals surface area (Å²) in [5, 5.41) is 2.74. The summed E-state index contributed by atoms with van der Waals surface area (Å²) in [5.74, 6) is -2.71. The van der Waals surface area contributed by atoms with Gasteiger partial charge in [-0.3, -0.25) is 19.3 Å². The SMILES string of the molecule is O=C(CCCCCN1C(=O)[C@H]2[C@H](C1=O)C1(Cl)c3ccccc3C2(Cl)c2ccccc21)Nc1ccc(F)cc1. The van der Waals surface area contributed by atoms with Crippen molar-refractivity contribution in [2.45, 2.75) is 35.4 Å². The number of halogens is 3. The molecule has 1 aliphatic heterocycles. The molecule has 4 aliphatic rings. The van der Waals surface area contributed by atoms with Gasteiger partial charge < -0.3 is 5.32 Å². The van der Waals surface area contributed by atoms with E-state index in [4.69, 9.17) is 23.2 Å². The number of benzene rings is 3. The van der Waals surface area contributed by atoms with Gasteiger partial charge in [0.2, 0.25) is 17.7 Å². The number of nitrogens with zero attached hydrogens (tertiary/aromatic N) is 1. The fraction of sp³-hybridized carbons (Fsp3) is 0.300. The van der Waals surface area contributed by atoms with E-state index in [0.717, 1.165) is 22.3 Å². The van der Waals surface area contributed by atoms with Crippen LogP contribution in [0.4, 0.5) is 10.1 Å². The maximum Gasteiger partial charge on any atom is 0.235 e. The molecule has 0 radical (unpaired) electrons. The highest BCUT2D eigenvalue weighted by Crippen LogP contribution is 2.69. The summed E-state index contributed by atoms with van der Waals surface area (Å²) >= 11 is 14.8. The molecule has 3 aromatic carbocycles. The Hall–Kier alpha value is -3.22. The number of nitrogens with one attached hydrogen (secondary N) is 1. The average molecular weight is 551 g/mol. The van der Waals surface area contributed by atoms with Crippen LogP contribution in [0.2, 0.25) is 0 Å². The molecule has 3 aromatic rings. The molecule has 1 saturated heterocycles. The Morgan fingerprint density at radius 3 is 1.71 bits per heavy atom. The van der Waals surface area contributed by atoms with Crippen LogP contribution >= 0.6 is 23.2 Å². The number of rotatable bonds is 7. The summed E-state index contributed by atoms with van der Waals surface area (Å²) in [6.45, 7) is 0.247. The van der Waals surface area contributed by atoms with Crippen LogP contribution in [0.15, 0.2) is 72.8 Å². The Kier molecular flexibility index (Phi) is 6.08. The van der Waals surface area contributed by atoms with Crippen LogP contribution in [0.25, 0.3) is 0 Å². The van der Waals surface area contributed by atoms with Crippen molar-refractivity contribution >= 4 is 46.6 Å². The number of amides is 3. The minimum atomic E-state index is -1.17. The van der Waals surface area contributed by atoms with E-state index in [0.29, 0.717) is 24.9 Å². The Morgan fingerprint density at radius 1 is 0.763 bits per heavy atom. The Bertz CT molecular complexity index is 1340. The molecule has 0 unspecified atom stereocenters. The number of hydrogen-bond donors (Lipinski definition) is 1. The second-order valence-electron chi connectivity index (χ2n) is 10.2. The first-order chi connectivity index (χ1) is 18.3. The van der Waals surface area contributed by atoms with Gasteiger partial charge >= 0.3 is 0 Å². The van der Waals surface area contributed by atoms with E-state index in [2.05, 4.69) is 5.32 Å². The third-order valence-electron chi connectivity index (χ3n) is 8.09. The number of likely N-dealkylation sites (tertiary alicyclic amines) is 1. The number of unbranched alkanes of at least 4 members (excludes halogenated alkanes) is 2. The maximum absolute atomic E-state index is 13.8. The minimum Gasteiger partial charge on any atom is -0.326 e. The third kappa shape index (κ3) is 3.53. The van der Waals surface area contributed by atoms with Gasteiger partial charge in [-0.15, -0.1) is 23.2 Å². The average Bonchev–Trinajstić information content (AvgIpc) is 3.19. The summed E-state index contributed by atoms with van der Waals surface area (Å²) in [4.78, 5) is 38.7. The monoisotopic (exact) mass is 550 g/mol. The largest absolute Gasteiger partial charge is 0.326 e. The molecule has 8 heteroatoms. The summed E-state index contributed by atoms with van der Waals surface area (Å²) in [7, 11) is 0. The summed E-state index contributed by atoms with van der Waals surface area (Å²) < 4.78 is 13.0. The smallest absolute Gasteiger partial charge is 0.235 e. The highest BCUT2D eigenvalue weighted by Gasteiger charge is 2.72. The number of carbonyl (C=O) groups excluding carboxylic acids is 3. The highest BCUT2D eigenvalue weighted by atomic mass is 35.5. The molecular formula is C30H25Cl2FN2O3. The zero-order valence-electron chi connectivity index (χ0n) is 20.4. The molecule has 0 spiro atoms. The first-order valence-corrected chi connectivity index (χ1v) is 13.5. The second kappa shape index (κ2) is 9.21. The lowest BCUT2D eigenvalue weighted by molar-refractivity contribution is -0.140. The van der Waals surface area contributed by atoms with Crippen LogP contribution in [-0.2, 0) is 24.1 Å². The van der Waals surface area contributed by atoms with Crippen LogP contribution in [0, 0.1) is 17.7 Å². The van der Waals surface area contributed by atoms with Crippen LogP contribution in [-0.4, -0.2) is 29.2 Å². The molecule has 3 aliphatic carbocycles. The van der Waals surface area contributed by atoms with Crippen molar-refractivity contribution < 1.29 is 18.8 Å². The minimum absolute atomic E-state index is 0.170. The Balaban J connectivity index is 1.16. The molecule has 2 bridgehead atoms. The van der Waals surface area contributed by atoms with Crippen molar-refractivity contribution in [1.82, 2.24) is 4.90 Å². The fourth-order valence-corrected chi connectivity index (χ4v) is 7.53. The zero-order chi connectivity index (χ0) is 26.7. The van der Waals surface area contributed by atoms with E-state index in [1.807, 2.05) is 48.5 Å². The number of anilines is 1. The normalized spacial score (nSPS) is 26.7. The van der Waals surface area contributed by atoms with Gasteiger partial charge in [-0.2, -0.15) is 0 Å². The van der Waals surface area contributed by atoms with E-state index < -0.39 is 21.6 Å². The topological polar surface area (TPSA) is 66.5 Å². The molecule has 1 heterocycles. The molecule has 1 fully saturated rings. The van der Waals surface area contributed by atoms with Crippen molar-refractivity contribution in [1.29, 1.82) is 0 Å². The lowest BCUT2D eigenvalue weighted by atomic mass is 9.54. The Labute approximate surface area is 229 Å². The summed E-state index contributed by atoms with van der Waals surface area (Å²) in [5.41, 5.74) is 3.67.